The number of amides is 1. The summed E-state index contributed by atoms with van der Waals surface area (Å²) in [5.74, 6) is -0.761. The normalized spacial score (nSPS) is 13.5. The predicted octanol–water partition coefficient (Wildman–Crippen LogP) is 4.62. The number of benzene rings is 2. The molecule has 1 amide bonds. The lowest BCUT2D eigenvalue weighted by Gasteiger charge is -2.37. The zero-order valence-electron chi connectivity index (χ0n) is 18.3. The Labute approximate surface area is 208 Å². The molecule has 4 rings (SSSR count). The number of nitrogens with zero attached hydrogens (tertiary/aromatic N) is 3. The fourth-order valence-electron chi connectivity index (χ4n) is 4.13. The van der Waals surface area contributed by atoms with Crippen LogP contribution in [0.15, 0.2) is 47.3 Å². The van der Waals surface area contributed by atoms with Crippen molar-refractivity contribution in [3.05, 3.63) is 74.0 Å². The van der Waals surface area contributed by atoms with Crippen LogP contribution in [-0.2, 0) is 11.8 Å². The molecule has 0 bridgehead atoms. The maximum atomic E-state index is 13.2. The first kappa shape index (κ1) is 25.6. The van der Waals surface area contributed by atoms with Crippen molar-refractivity contribution >= 4 is 51.7 Å². The Hall–Kier alpha value is -3.03. The summed E-state index contributed by atoms with van der Waals surface area (Å²) in [6, 6.07) is 12.0. The molecule has 0 aliphatic carbocycles. The van der Waals surface area contributed by atoms with Gasteiger partial charge in [0.25, 0.3) is 11.5 Å². The van der Waals surface area contributed by atoms with E-state index in [1.807, 2.05) is 4.90 Å². The second-order valence-corrected chi connectivity index (χ2v) is 8.63. The Kier molecular flexibility index (Phi) is 7.89. The molecule has 1 aliphatic heterocycles. The summed E-state index contributed by atoms with van der Waals surface area (Å²) in [6.07, 6.45) is 0. The van der Waals surface area contributed by atoms with Crippen molar-refractivity contribution in [2.24, 2.45) is 7.05 Å². The molecule has 0 atom stereocenters. The van der Waals surface area contributed by atoms with E-state index in [1.54, 1.807) is 61.3 Å². The van der Waals surface area contributed by atoms with E-state index in [-0.39, 0.29) is 25.5 Å². The van der Waals surface area contributed by atoms with Gasteiger partial charge in [-0.05, 0) is 49.4 Å². The first-order valence-electron chi connectivity index (χ1n) is 10.6. The molecule has 7 nitrogen and oxygen atoms in total. The average molecular weight is 504 g/mol. The quantitative estimate of drug-likeness (QED) is 0.485. The molecule has 0 unspecified atom stereocenters. The summed E-state index contributed by atoms with van der Waals surface area (Å²) in [5.41, 5.74) is 1.26. The summed E-state index contributed by atoms with van der Waals surface area (Å²) in [5, 5.41) is 1.75. The standard InChI is InChI=1S/C24H23Cl2N3O4.CH4/c1-3-33-24(32)20-21(18-14-17(26)8-9-19(18)27(2)23(20)31)28-10-12-29(13-11-28)22(30)15-4-6-16(25)7-5-15;/h4-9,14H,3,10-13H2,1-2H3;1H4. The van der Waals surface area contributed by atoms with Gasteiger partial charge in [-0.3, -0.25) is 9.59 Å². The Morgan fingerprint density at radius 3 is 2.21 bits per heavy atom. The van der Waals surface area contributed by atoms with E-state index in [2.05, 4.69) is 0 Å². The summed E-state index contributed by atoms with van der Waals surface area (Å²) in [4.78, 5) is 42.6. The Morgan fingerprint density at radius 1 is 0.971 bits per heavy atom. The topological polar surface area (TPSA) is 71.8 Å². The summed E-state index contributed by atoms with van der Waals surface area (Å²) in [6.45, 7) is 3.60. The van der Waals surface area contributed by atoms with Crippen molar-refractivity contribution in [3.63, 3.8) is 0 Å². The molecule has 0 N–H and O–H groups in total. The predicted molar refractivity (Wildman–Crippen MR) is 136 cm³/mol. The van der Waals surface area contributed by atoms with Gasteiger partial charge in [0.05, 0.1) is 17.8 Å². The SMILES string of the molecule is C.CCOC(=O)c1c(N2CCN(C(=O)c3ccc(Cl)cc3)CC2)c2cc(Cl)ccc2n(C)c1=O. The number of ether oxygens (including phenoxy) is 1. The highest BCUT2D eigenvalue weighted by molar-refractivity contribution is 6.31. The van der Waals surface area contributed by atoms with Crippen LogP contribution in [0, 0.1) is 0 Å². The number of hydrogen-bond acceptors (Lipinski definition) is 5. The maximum absolute atomic E-state index is 13.2. The minimum absolute atomic E-state index is 0. The number of pyridine rings is 1. The van der Waals surface area contributed by atoms with Gasteiger partial charge in [-0.1, -0.05) is 30.6 Å². The molecular formula is C25H27Cl2N3O4. The molecule has 2 aromatic carbocycles. The van der Waals surface area contributed by atoms with Crippen LogP contribution in [0.3, 0.4) is 0 Å². The number of carbonyl (C=O) groups is 2. The fraction of sp³-hybridized carbons (Fsp3) is 0.320. The van der Waals surface area contributed by atoms with Gasteiger partial charge in [0.1, 0.15) is 5.56 Å². The van der Waals surface area contributed by atoms with Gasteiger partial charge in [-0.15, -0.1) is 0 Å². The van der Waals surface area contributed by atoms with Crippen LogP contribution in [0.25, 0.3) is 10.9 Å². The van der Waals surface area contributed by atoms with Crippen LogP contribution < -0.4 is 10.5 Å². The Balaban J connectivity index is 0.00000324. The van der Waals surface area contributed by atoms with Gasteiger partial charge in [0.15, 0.2) is 0 Å². The zero-order valence-corrected chi connectivity index (χ0v) is 19.8. The minimum atomic E-state index is -0.672. The van der Waals surface area contributed by atoms with Crippen molar-refractivity contribution in [1.82, 2.24) is 9.47 Å². The number of aryl methyl sites for hydroxylation is 1. The summed E-state index contributed by atoms with van der Waals surface area (Å²) >= 11 is 12.2. The molecule has 9 heteroatoms. The molecule has 2 heterocycles. The molecule has 1 saturated heterocycles. The highest BCUT2D eigenvalue weighted by Crippen LogP contribution is 2.32. The number of piperazine rings is 1. The molecule has 180 valence electrons. The van der Waals surface area contributed by atoms with E-state index in [0.29, 0.717) is 58.4 Å². The molecular weight excluding hydrogens is 477 g/mol. The number of rotatable bonds is 4. The third-order valence-electron chi connectivity index (χ3n) is 5.78. The van der Waals surface area contributed by atoms with Gasteiger partial charge >= 0.3 is 5.97 Å². The van der Waals surface area contributed by atoms with Gasteiger partial charge in [-0.25, -0.2) is 4.79 Å². The van der Waals surface area contributed by atoms with Crippen LogP contribution in [-0.4, -0.2) is 54.1 Å². The number of fused-ring (bicyclic) bond motifs is 1. The maximum Gasteiger partial charge on any atom is 0.345 e. The van der Waals surface area contributed by atoms with Gasteiger partial charge in [0, 0.05) is 54.2 Å². The van der Waals surface area contributed by atoms with Gasteiger partial charge in [0.2, 0.25) is 0 Å². The van der Waals surface area contributed by atoms with Crippen LogP contribution in [0.5, 0.6) is 0 Å². The highest BCUT2D eigenvalue weighted by Gasteiger charge is 2.30. The Morgan fingerprint density at radius 2 is 1.59 bits per heavy atom. The lowest BCUT2D eigenvalue weighted by molar-refractivity contribution is 0.0523. The van der Waals surface area contributed by atoms with Crippen LogP contribution >= 0.6 is 23.2 Å². The highest BCUT2D eigenvalue weighted by atomic mass is 35.5. The van der Waals surface area contributed by atoms with Crippen molar-refractivity contribution < 1.29 is 14.3 Å². The molecule has 0 spiro atoms. The average Bonchev–Trinajstić information content (AvgIpc) is 2.81. The molecule has 34 heavy (non-hydrogen) atoms. The number of esters is 1. The molecule has 3 aromatic rings. The number of aromatic nitrogens is 1. The van der Waals surface area contributed by atoms with Crippen LogP contribution in [0.1, 0.15) is 35.1 Å². The van der Waals surface area contributed by atoms with Crippen molar-refractivity contribution in [2.45, 2.75) is 14.4 Å². The monoisotopic (exact) mass is 503 g/mol. The largest absolute Gasteiger partial charge is 0.462 e. The van der Waals surface area contributed by atoms with Gasteiger partial charge < -0.3 is 19.1 Å². The third-order valence-corrected chi connectivity index (χ3v) is 6.27. The summed E-state index contributed by atoms with van der Waals surface area (Å²) in [7, 11) is 1.62. The van der Waals surface area contributed by atoms with E-state index >= 15 is 0 Å². The van der Waals surface area contributed by atoms with Crippen molar-refractivity contribution in [3.8, 4) is 0 Å². The molecule has 1 aliphatic rings. The smallest absolute Gasteiger partial charge is 0.345 e. The zero-order chi connectivity index (χ0) is 23.7. The van der Waals surface area contributed by atoms with E-state index < -0.39 is 11.5 Å². The van der Waals surface area contributed by atoms with Gasteiger partial charge in [-0.2, -0.15) is 0 Å². The number of hydrogen-bond donors (Lipinski definition) is 0. The van der Waals surface area contributed by atoms with Crippen molar-refractivity contribution in [1.29, 1.82) is 0 Å². The van der Waals surface area contributed by atoms with E-state index in [0.717, 1.165) is 0 Å². The first-order chi connectivity index (χ1) is 15.8. The fourth-order valence-corrected chi connectivity index (χ4v) is 4.43. The molecule has 0 radical (unpaired) electrons. The number of anilines is 1. The minimum Gasteiger partial charge on any atom is -0.462 e. The number of carbonyl (C=O) groups excluding carboxylic acids is 2. The van der Waals surface area contributed by atoms with E-state index in [1.165, 1.54) is 4.57 Å². The van der Waals surface area contributed by atoms with Crippen LogP contribution in [0.4, 0.5) is 5.69 Å². The second-order valence-electron chi connectivity index (χ2n) is 7.76. The van der Waals surface area contributed by atoms with E-state index in [4.69, 9.17) is 27.9 Å². The second kappa shape index (κ2) is 10.5. The van der Waals surface area contributed by atoms with Crippen molar-refractivity contribution in [2.75, 3.05) is 37.7 Å². The Bertz CT molecular complexity index is 1280. The number of halogens is 2. The lowest BCUT2D eigenvalue weighted by Crippen LogP contribution is -2.49. The van der Waals surface area contributed by atoms with Crippen LogP contribution in [0.2, 0.25) is 10.0 Å². The lowest BCUT2D eigenvalue weighted by atomic mass is 10.1. The first-order valence-corrected chi connectivity index (χ1v) is 11.4. The summed E-state index contributed by atoms with van der Waals surface area (Å²) < 4.78 is 6.65. The molecule has 0 saturated carbocycles. The van der Waals surface area contributed by atoms with E-state index in [9.17, 15) is 14.4 Å². The molecule has 1 fully saturated rings. The molecule has 1 aromatic heterocycles. The third kappa shape index (κ3) is 4.76.